The number of carbonyl (C=O) groups excluding carboxylic acids is 1. The first-order chi connectivity index (χ1) is 9.97. The third-order valence-electron chi connectivity index (χ3n) is 3.06. The van der Waals surface area contributed by atoms with Crippen LogP contribution in [0.15, 0.2) is 42.5 Å². The Morgan fingerprint density at radius 1 is 1.24 bits per heavy atom. The monoisotopic (exact) mass is 302 g/mol. The molecular weight excluding hydrogens is 287 g/mol. The third-order valence-corrected chi connectivity index (χ3v) is 3.29. The van der Waals surface area contributed by atoms with Gasteiger partial charge in [0.15, 0.2) is 0 Å². The van der Waals surface area contributed by atoms with Gasteiger partial charge in [0.2, 0.25) is 0 Å². The van der Waals surface area contributed by atoms with Gasteiger partial charge in [-0.1, -0.05) is 48.1 Å². The number of thiocarbonyl (C=S) groups is 1. The van der Waals surface area contributed by atoms with Gasteiger partial charge >= 0.3 is 0 Å². The van der Waals surface area contributed by atoms with Crippen LogP contribution >= 0.6 is 12.2 Å². The van der Waals surface area contributed by atoms with Gasteiger partial charge in [-0.05, 0) is 24.6 Å². The zero-order chi connectivity index (χ0) is 15.4. The summed E-state index contributed by atoms with van der Waals surface area (Å²) in [6.07, 6.45) is 0. The number of benzene rings is 2. The number of halogens is 1. The van der Waals surface area contributed by atoms with Gasteiger partial charge in [0.1, 0.15) is 10.8 Å². The van der Waals surface area contributed by atoms with Crippen LogP contribution in [0, 0.1) is 12.7 Å². The summed E-state index contributed by atoms with van der Waals surface area (Å²) in [5.41, 5.74) is 8.05. The average Bonchev–Trinajstić information content (AvgIpc) is 2.47. The minimum atomic E-state index is -0.526. The number of aryl methyl sites for hydroxylation is 1. The molecule has 0 bridgehead atoms. The fraction of sp³-hybridized carbons (Fsp3) is 0.125. The summed E-state index contributed by atoms with van der Waals surface area (Å²) in [6, 6.07) is 11.7. The number of nitrogens with one attached hydrogen (secondary N) is 1. The second-order valence-corrected chi connectivity index (χ2v) is 5.17. The van der Waals surface area contributed by atoms with Gasteiger partial charge in [0.05, 0.1) is 5.56 Å². The highest BCUT2D eigenvalue weighted by Crippen LogP contribution is 2.10. The molecule has 0 radical (unpaired) electrons. The van der Waals surface area contributed by atoms with E-state index in [1.54, 1.807) is 18.2 Å². The lowest BCUT2D eigenvalue weighted by Crippen LogP contribution is -2.24. The maximum Gasteiger partial charge on any atom is 0.254 e. The second-order valence-electron chi connectivity index (χ2n) is 4.73. The fourth-order valence-corrected chi connectivity index (χ4v) is 2.01. The van der Waals surface area contributed by atoms with E-state index in [-0.39, 0.29) is 5.56 Å². The molecule has 3 nitrogen and oxygen atoms in total. The Bertz CT molecular complexity index is 683. The van der Waals surface area contributed by atoms with Crippen molar-refractivity contribution in [1.29, 1.82) is 0 Å². The highest BCUT2D eigenvalue weighted by molar-refractivity contribution is 7.80. The Morgan fingerprint density at radius 3 is 2.52 bits per heavy atom. The summed E-state index contributed by atoms with van der Waals surface area (Å²) in [7, 11) is 0. The van der Waals surface area contributed by atoms with Crippen LogP contribution in [0.25, 0.3) is 0 Å². The van der Waals surface area contributed by atoms with Crippen molar-refractivity contribution < 1.29 is 9.18 Å². The molecule has 0 saturated carbocycles. The highest BCUT2D eigenvalue weighted by Gasteiger charge is 2.11. The van der Waals surface area contributed by atoms with Crippen molar-refractivity contribution >= 4 is 23.1 Å². The predicted octanol–water partition coefficient (Wildman–Crippen LogP) is 2.70. The van der Waals surface area contributed by atoms with Crippen molar-refractivity contribution in [2.24, 2.45) is 5.73 Å². The molecule has 2 aromatic carbocycles. The van der Waals surface area contributed by atoms with Gasteiger partial charge in [-0.15, -0.1) is 0 Å². The standard InChI is InChI=1S/C16H15FN2OS/c1-10-2-7-14(17)13(8-10)16(20)19-9-11-3-5-12(6-4-11)15(18)21/h2-8H,9H2,1H3,(H2,18,21)(H,19,20). The van der Waals surface area contributed by atoms with E-state index < -0.39 is 11.7 Å². The fourth-order valence-electron chi connectivity index (χ4n) is 1.88. The largest absolute Gasteiger partial charge is 0.389 e. The molecule has 0 aliphatic rings. The number of carbonyl (C=O) groups is 1. The predicted molar refractivity (Wildman–Crippen MR) is 84.6 cm³/mol. The van der Waals surface area contributed by atoms with E-state index in [4.69, 9.17) is 18.0 Å². The number of rotatable bonds is 4. The minimum Gasteiger partial charge on any atom is -0.389 e. The van der Waals surface area contributed by atoms with E-state index in [1.165, 1.54) is 12.1 Å². The van der Waals surface area contributed by atoms with E-state index >= 15 is 0 Å². The number of hydrogen-bond acceptors (Lipinski definition) is 2. The van der Waals surface area contributed by atoms with Crippen LogP contribution in [0.1, 0.15) is 27.0 Å². The molecule has 0 aromatic heterocycles. The van der Waals surface area contributed by atoms with Crippen LogP contribution in [0.5, 0.6) is 0 Å². The van der Waals surface area contributed by atoms with Gasteiger partial charge < -0.3 is 11.1 Å². The second kappa shape index (κ2) is 6.45. The molecule has 21 heavy (non-hydrogen) atoms. The summed E-state index contributed by atoms with van der Waals surface area (Å²) in [6.45, 7) is 2.12. The van der Waals surface area contributed by atoms with Crippen molar-refractivity contribution in [2.45, 2.75) is 13.5 Å². The van der Waals surface area contributed by atoms with Gasteiger partial charge in [0.25, 0.3) is 5.91 Å². The first-order valence-corrected chi connectivity index (χ1v) is 6.81. The molecule has 1 amide bonds. The van der Waals surface area contributed by atoms with Crippen molar-refractivity contribution in [2.75, 3.05) is 0 Å². The Morgan fingerprint density at radius 2 is 1.90 bits per heavy atom. The molecule has 0 aliphatic carbocycles. The van der Waals surface area contributed by atoms with Crippen LogP contribution in [0.2, 0.25) is 0 Å². The summed E-state index contributed by atoms with van der Waals surface area (Å²) >= 11 is 4.87. The first-order valence-electron chi connectivity index (χ1n) is 6.40. The van der Waals surface area contributed by atoms with E-state index in [0.717, 1.165) is 16.7 Å². The maximum absolute atomic E-state index is 13.6. The van der Waals surface area contributed by atoms with E-state index in [1.807, 2.05) is 19.1 Å². The summed E-state index contributed by atoms with van der Waals surface area (Å²) in [5, 5.41) is 2.69. The van der Waals surface area contributed by atoms with Gasteiger partial charge in [-0.25, -0.2) is 4.39 Å². The molecular formula is C16H15FN2OS. The van der Waals surface area contributed by atoms with E-state index in [9.17, 15) is 9.18 Å². The quantitative estimate of drug-likeness (QED) is 0.854. The smallest absolute Gasteiger partial charge is 0.254 e. The van der Waals surface area contributed by atoms with Crippen molar-refractivity contribution in [3.05, 3.63) is 70.5 Å². The molecule has 0 unspecified atom stereocenters. The molecule has 0 atom stereocenters. The van der Waals surface area contributed by atoms with Gasteiger partial charge in [-0.3, -0.25) is 4.79 Å². The number of amides is 1. The first kappa shape index (κ1) is 15.1. The van der Waals surface area contributed by atoms with E-state index in [2.05, 4.69) is 5.32 Å². The van der Waals surface area contributed by atoms with Crippen LogP contribution in [-0.4, -0.2) is 10.9 Å². The molecule has 0 heterocycles. The molecule has 5 heteroatoms. The number of hydrogen-bond donors (Lipinski definition) is 2. The molecule has 108 valence electrons. The zero-order valence-electron chi connectivity index (χ0n) is 11.5. The Hall–Kier alpha value is -2.27. The molecule has 0 saturated heterocycles. The van der Waals surface area contributed by atoms with Gasteiger partial charge in [-0.2, -0.15) is 0 Å². The van der Waals surface area contributed by atoms with Crippen molar-refractivity contribution in [3.63, 3.8) is 0 Å². The molecule has 2 rings (SSSR count). The minimum absolute atomic E-state index is 0.0507. The van der Waals surface area contributed by atoms with Crippen molar-refractivity contribution in [3.8, 4) is 0 Å². The molecule has 2 aromatic rings. The molecule has 0 spiro atoms. The van der Waals surface area contributed by atoms with E-state index in [0.29, 0.717) is 11.5 Å². The summed E-state index contributed by atoms with van der Waals surface area (Å²) < 4.78 is 13.6. The lowest BCUT2D eigenvalue weighted by Gasteiger charge is -2.08. The Kier molecular flexibility index (Phi) is 4.65. The SMILES string of the molecule is Cc1ccc(F)c(C(=O)NCc2ccc(C(N)=S)cc2)c1. The zero-order valence-corrected chi connectivity index (χ0v) is 12.3. The average molecular weight is 302 g/mol. The number of nitrogens with two attached hydrogens (primary N) is 1. The molecule has 0 aliphatic heterocycles. The Balaban J connectivity index is 2.04. The topological polar surface area (TPSA) is 55.1 Å². The van der Waals surface area contributed by atoms with Crippen LogP contribution < -0.4 is 11.1 Å². The lowest BCUT2D eigenvalue weighted by molar-refractivity contribution is 0.0947. The summed E-state index contributed by atoms with van der Waals surface area (Å²) in [5.74, 6) is -0.962. The van der Waals surface area contributed by atoms with Crippen LogP contribution in [-0.2, 0) is 6.54 Å². The van der Waals surface area contributed by atoms with Crippen LogP contribution in [0.4, 0.5) is 4.39 Å². The van der Waals surface area contributed by atoms with Gasteiger partial charge in [0, 0.05) is 12.1 Å². The lowest BCUT2D eigenvalue weighted by atomic mass is 10.1. The Labute approximate surface area is 128 Å². The summed E-state index contributed by atoms with van der Waals surface area (Å²) in [4.78, 5) is 12.3. The third kappa shape index (κ3) is 3.86. The highest BCUT2D eigenvalue weighted by atomic mass is 32.1. The normalized spacial score (nSPS) is 10.2. The van der Waals surface area contributed by atoms with Crippen molar-refractivity contribution in [1.82, 2.24) is 5.32 Å². The molecule has 0 fully saturated rings. The maximum atomic E-state index is 13.6. The van der Waals surface area contributed by atoms with Crippen LogP contribution in [0.3, 0.4) is 0 Å². The molecule has 3 N–H and O–H groups in total.